The van der Waals surface area contributed by atoms with Gasteiger partial charge in [0, 0.05) is 35.6 Å². The highest BCUT2D eigenvalue weighted by Crippen LogP contribution is 2.56. The third-order valence-corrected chi connectivity index (χ3v) is 12.5. The fourth-order valence-corrected chi connectivity index (χ4v) is 9.29. The lowest BCUT2D eigenvalue weighted by atomic mass is 9.76. The van der Waals surface area contributed by atoms with Gasteiger partial charge in [-0.2, -0.15) is 0 Å². The molecule has 14 rings (SSSR count). The van der Waals surface area contributed by atoms with Gasteiger partial charge in [-0.1, -0.05) is 36.4 Å². The van der Waals surface area contributed by atoms with E-state index in [1.54, 1.807) is 24.3 Å². The maximum absolute atomic E-state index is 13.0. The second kappa shape index (κ2) is 15.2. The average molecular weight is 799 g/mol. The molecular weight excluding hydrogens is 749 g/mol. The van der Waals surface area contributed by atoms with E-state index < -0.39 is 34.2 Å². The Morgan fingerprint density at radius 1 is 0.508 bits per heavy atom. The van der Waals surface area contributed by atoms with Crippen molar-refractivity contribution in [2.24, 2.45) is 0 Å². The van der Waals surface area contributed by atoms with Crippen LogP contribution in [0.1, 0.15) is 62.8 Å². The summed E-state index contributed by atoms with van der Waals surface area (Å²) in [5, 5.41) is 0. The van der Waals surface area contributed by atoms with E-state index in [1.807, 2.05) is 36.4 Å². The van der Waals surface area contributed by atoms with Crippen LogP contribution in [0, 0.1) is 0 Å². The van der Waals surface area contributed by atoms with Crippen LogP contribution >= 0.6 is 0 Å². The van der Waals surface area contributed by atoms with Gasteiger partial charge in [0.25, 0.3) is 0 Å². The Hall–Kier alpha value is -5.62. The summed E-state index contributed by atoms with van der Waals surface area (Å²) >= 11 is 0. The molecule has 59 heavy (non-hydrogen) atoms. The molecule has 0 radical (unpaired) electrons. The maximum Gasteiger partial charge on any atom is 0.311 e. The third-order valence-electron chi connectivity index (χ3n) is 12.5. The second-order valence-corrected chi connectivity index (χ2v) is 16.5. The fraction of sp³-hybridized carbons (Fsp3) is 0.375. The van der Waals surface area contributed by atoms with Crippen LogP contribution in [0.2, 0.25) is 0 Å². The smallest absolute Gasteiger partial charge is 0.311 e. The van der Waals surface area contributed by atoms with Crippen molar-refractivity contribution in [2.75, 3.05) is 62.5 Å². The lowest BCUT2D eigenvalue weighted by Crippen LogP contribution is -2.60. The number of esters is 2. The van der Waals surface area contributed by atoms with Crippen molar-refractivity contribution in [1.82, 2.24) is 0 Å². The van der Waals surface area contributed by atoms with Gasteiger partial charge in [-0.05, 0) is 112 Å². The molecule has 10 aliphatic heterocycles. The number of ether oxygens (including phenoxy) is 7. The van der Waals surface area contributed by atoms with Crippen LogP contribution in [0.5, 0.6) is 23.0 Å². The van der Waals surface area contributed by atoms with Gasteiger partial charge in [0.05, 0.1) is 63.3 Å². The first-order chi connectivity index (χ1) is 28.5. The molecule has 306 valence electrons. The van der Waals surface area contributed by atoms with Gasteiger partial charge in [-0.25, -0.2) is 0 Å². The molecule has 0 N–H and O–H groups in total. The summed E-state index contributed by atoms with van der Waals surface area (Å²) < 4.78 is 43.4. The van der Waals surface area contributed by atoms with E-state index in [0.717, 1.165) is 22.5 Å². The van der Waals surface area contributed by atoms with Crippen molar-refractivity contribution in [3.05, 3.63) is 119 Å². The zero-order chi connectivity index (χ0) is 40.8. The van der Waals surface area contributed by atoms with E-state index in [4.69, 9.17) is 33.2 Å². The monoisotopic (exact) mass is 798 g/mol. The Balaban J connectivity index is 0.944. The average Bonchev–Trinajstić information content (AvgIpc) is 3.52. The molecular formula is C48H50N2O9. The predicted molar refractivity (Wildman–Crippen MR) is 224 cm³/mol. The van der Waals surface area contributed by atoms with Crippen molar-refractivity contribution in [3.63, 3.8) is 0 Å². The number of hydrogen-bond acceptors (Lipinski definition) is 11. The maximum atomic E-state index is 13.0. The molecule has 4 aromatic rings. The lowest BCUT2D eigenvalue weighted by molar-refractivity contribution is -0.140. The highest BCUT2D eigenvalue weighted by atomic mass is 16.6. The molecule has 0 fully saturated rings. The first-order valence-electron chi connectivity index (χ1n) is 20.5. The molecule has 0 aromatic heterocycles. The predicted octanol–water partition coefficient (Wildman–Crippen LogP) is 7.84. The van der Waals surface area contributed by atoms with Gasteiger partial charge in [-0.15, -0.1) is 0 Å². The fourth-order valence-electron chi connectivity index (χ4n) is 9.29. The first-order valence-corrected chi connectivity index (χ1v) is 20.5. The van der Waals surface area contributed by atoms with Crippen LogP contribution in [0.25, 0.3) is 12.2 Å². The van der Waals surface area contributed by atoms with E-state index in [9.17, 15) is 9.59 Å². The Labute approximate surface area is 345 Å². The Morgan fingerprint density at radius 2 is 0.915 bits per heavy atom. The molecule has 4 aromatic carbocycles. The van der Waals surface area contributed by atoms with Crippen molar-refractivity contribution in [3.8, 4) is 23.0 Å². The van der Waals surface area contributed by atoms with Gasteiger partial charge < -0.3 is 43.0 Å². The van der Waals surface area contributed by atoms with Gasteiger partial charge in [0.2, 0.25) is 11.4 Å². The minimum absolute atomic E-state index is 0.146. The van der Waals surface area contributed by atoms with Crippen LogP contribution in [-0.4, -0.2) is 76.1 Å². The summed E-state index contributed by atoms with van der Waals surface area (Å²) in [5.74, 6) is 0.981. The number of carbonyl (C=O) groups excluding carboxylic acids is 2. The van der Waals surface area contributed by atoms with E-state index in [-0.39, 0.29) is 12.8 Å². The van der Waals surface area contributed by atoms with E-state index in [0.29, 0.717) is 75.7 Å². The number of benzene rings is 4. The minimum Gasteiger partial charge on any atom is -0.463 e. The molecule has 11 heteroatoms. The molecule has 11 nitrogen and oxygen atoms in total. The molecule has 8 bridgehead atoms. The number of anilines is 2. The molecule has 2 atom stereocenters. The van der Waals surface area contributed by atoms with Crippen molar-refractivity contribution in [1.29, 1.82) is 0 Å². The Bertz CT molecular complexity index is 2170. The van der Waals surface area contributed by atoms with Crippen molar-refractivity contribution in [2.45, 2.75) is 62.8 Å². The summed E-state index contributed by atoms with van der Waals surface area (Å²) in [5.41, 5.74) is 3.62. The summed E-state index contributed by atoms with van der Waals surface area (Å²) in [7, 11) is 0. The van der Waals surface area contributed by atoms with E-state index in [1.165, 1.54) is 11.1 Å². The van der Waals surface area contributed by atoms with Crippen LogP contribution < -0.4 is 28.7 Å². The molecule has 2 spiro atoms. The standard InChI is InChI=1S/C48H50N2O9/c1-45(2)37-9-5-7-11-39(37)49-23-25-53-27-29-55-30-28-54-26-24-50-40-12-8-6-10-38(40)46(3,4)48(50)22-20-34-32-36(14-16-42(34)59-48)57-44(52)18-17-43(51)56-35-13-15-41-33(31-35)19-21-47(45,49)58-41/h5-16,19-22,31-32H,17-18,23-30H2,1-4H3. The van der Waals surface area contributed by atoms with Crippen molar-refractivity contribution < 1.29 is 42.7 Å². The highest BCUT2D eigenvalue weighted by molar-refractivity contribution is 5.81. The van der Waals surface area contributed by atoms with Gasteiger partial charge in [0.1, 0.15) is 23.0 Å². The third kappa shape index (κ3) is 6.65. The second-order valence-electron chi connectivity index (χ2n) is 16.5. The first kappa shape index (κ1) is 38.9. The molecule has 0 aliphatic carbocycles. The molecule has 0 saturated carbocycles. The van der Waals surface area contributed by atoms with Crippen molar-refractivity contribution >= 4 is 35.5 Å². The topological polar surface area (TPSA) is 105 Å². The van der Waals surface area contributed by atoms with Gasteiger partial charge >= 0.3 is 11.9 Å². The number of hydrogen-bond donors (Lipinski definition) is 0. The molecule has 10 aliphatic rings. The summed E-state index contributed by atoms with van der Waals surface area (Å²) in [6, 6.07) is 27.4. The highest BCUT2D eigenvalue weighted by Gasteiger charge is 2.60. The Kier molecular flexibility index (Phi) is 10.0. The lowest BCUT2D eigenvalue weighted by Gasteiger charge is -2.47. The molecule has 2 unspecified atom stereocenters. The van der Waals surface area contributed by atoms with Crippen LogP contribution in [0.15, 0.2) is 97.1 Å². The number of nitrogens with zero attached hydrogens (tertiary/aromatic N) is 2. The quantitative estimate of drug-likeness (QED) is 0.128. The largest absolute Gasteiger partial charge is 0.463 e. The SMILES string of the molecule is CC1(C)c2ccccc2N2CCOCCOCCOCCN3c4ccccc4C(C)(C)C34C=Cc3cc(ccc3O4)OC(=O)CCC(=O)Oc3ccc4c(c3)C=CC21O4. The van der Waals surface area contributed by atoms with Crippen LogP contribution in [0.4, 0.5) is 11.4 Å². The number of para-hydroxylation sites is 2. The van der Waals surface area contributed by atoms with E-state index >= 15 is 0 Å². The summed E-state index contributed by atoms with van der Waals surface area (Å²) in [4.78, 5) is 30.5. The zero-order valence-corrected chi connectivity index (χ0v) is 34.0. The minimum atomic E-state index is -0.825. The zero-order valence-electron chi connectivity index (χ0n) is 34.0. The number of rotatable bonds is 0. The number of carbonyl (C=O) groups is 2. The van der Waals surface area contributed by atoms with E-state index in [2.05, 4.69) is 86.0 Å². The summed E-state index contributed by atoms with van der Waals surface area (Å²) in [6.07, 6.45) is 7.93. The molecule has 0 amide bonds. The number of fused-ring (bicyclic) bond motifs is 2. The molecule has 0 saturated heterocycles. The molecule has 10 heterocycles. The normalized spacial score (nSPS) is 24.9. The summed E-state index contributed by atoms with van der Waals surface area (Å²) in [6.45, 7) is 12.7. The van der Waals surface area contributed by atoms with Crippen LogP contribution in [-0.2, 0) is 34.6 Å². The van der Waals surface area contributed by atoms with Gasteiger partial charge in [-0.3, -0.25) is 9.59 Å². The van der Waals surface area contributed by atoms with Crippen LogP contribution in [0.3, 0.4) is 0 Å². The Morgan fingerprint density at radius 3 is 1.36 bits per heavy atom. The van der Waals surface area contributed by atoms with Gasteiger partial charge in [0.15, 0.2) is 0 Å².